The van der Waals surface area contributed by atoms with E-state index in [-0.39, 0.29) is 11.3 Å². The van der Waals surface area contributed by atoms with Crippen LogP contribution in [-0.2, 0) is 0 Å². The van der Waals surface area contributed by atoms with Gasteiger partial charge in [-0.05, 0) is 52.7 Å². The topological polar surface area (TPSA) is 92.4 Å². The van der Waals surface area contributed by atoms with Crippen LogP contribution >= 0.6 is 15.9 Å². The molecule has 4 N–H and O–H groups in total. The predicted molar refractivity (Wildman–Crippen MR) is 84.6 cm³/mol. The number of aromatic carboxylic acids is 1. The molecule has 5 nitrogen and oxygen atoms in total. The minimum absolute atomic E-state index is 0.0837. The highest BCUT2D eigenvalue weighted by atomic mass is 79.9. The van der Waals surface area contributed by atoms with Gasteiger partial charge in [-0.2, -0.15) is 0 Å². The van der Waals surface area contributed by atoms with E-state index >= 15 is 0 Å². The van der Waals surface area contributed by atoms with E-state index in [1.807, 2.05) is 0 Å². The molecule has 0 atom stereocenters. The molecule has 0 aliphatic rings. The summed E-state index contributed by atoms with van der Waals surface area (Å²) in [5.74, 6) is -1.48. The van der Waals surface area contributed by atoms with Gasteiger partial charge in [0.15, 0.2) is 0 Å². The Bertz CT molecular complexity index is 729. The molecule has 0 unspecified atom stereocenters. The number of anilines is 2. The van der Waals surface area contributed by atoms with Gasteiger partial charge in [0.05, 0.1) is 11.3 Å². The predicted octanol–water partition coefficient (Wildman–Crippen LogP) is 3.29. The molecule has 0 saturated heterocycles. The minimum atomic E-state index is -1.08. The third-order valence-corrected chi connectivity index (χ3v) is 3.68. The standard InChI is InChI=1S/C15H13BrN2O3/c1-8-3-2-4-12(13(8)15(20)21)18-14(19)9-5-6-11(17)10(16)7-9/h2-7H,17H2,1H3,(H,18,19)(H,20,21). The first-order valence-electron chi connectivity index (χ1n) is 6.09. The fourth-order valence-electron chi connectivity index (χ4n) is 1.92. The van der Waals surface area contributed by atoms with Crippen molar-refractivity contribution in [3.05, 3.63) is 57.6 Å². The first kappa shape index (κ1) is 15.1. The van der Waals surface area contributed by atoms with Gasteiger partial charge in [-0.3, -0.25) is 4.79 Å². The number of hydrogen-bond acceptors (Lipinski definition) is 3. The highest BCUT2D eigenvalue weighted by molar-refractivity contribution is 9.10. The number of halogens is 1. The van der Waals surface area contributed by atoms with Crippen molar-refractivity contribution < 1.29 is 14.7 Å². The lowest BCUT2D eigenvalue weighted by Gasteiger charge is -2.11. The van der Waals surface area contributed by atoms with Crippen LogP contribution in [0.25, 0.3) is 0 Å². The van der Waals surface area contributed by atoms with Crippen LogP contribution in [0.3, 0.4) is 0 Å². The lowest BCUT2D eigenvalue weighted by atomic mass is 10.1. The highest BCUT2D eigenvalue weighted by Crippen LogP contribution is 2.23. The molecule has 1 amide bonds. The molecule has 2 aromatic rings. The maximum atomic E-state index is 12.2. The van der Waals surface area contributed by atoms with Crippen molar-refractivity contribution >= 4 is 39.2 Å². The molecule has 0 radical (unpaired) electrons. The smallest absolute Gasteiger partial charge is 0.338 e. The Balaban J connectivity index is 2.34. The molecule has 0 aliphatic heterocycles. The van der Waals surface area contributed by atoms with Gasteiger partial charge in [0.1, 0.15) is 0 Å². The quantitative estimate of drug-likeness (QED) is 0.742. The second kappa shape index (κ2) is 5.97. The highest BCUT2D eigenvalue weighted by Gasteiger charge is 2.16. The molecule has 2 rings (SSSR count). The molecule has 6 heteroatoms. The van der Waals surface area contributed by atoms with Crippen LogP contribution in [0, 0.1) is 6.92 Å². The van der Waals surface area contributed by atoms with Crippen molar-refractivity contribution in [2.45, 2.75) is 6.92 Å². The second-order valence-corrected chi connectivity index (χ2v) is 5.35. The lowest BCUT2D eigenvalue weighted by Crippen LogP contribution is -2.15. The van der Waals surface area contributed by atoms with Crippen LogP contribution < -0.4 is 11.1 Å². The van der Waals surface area contributed by atoms with Crippen molar-refractivity contribution in [2.24, 2.45) is 0 Å². The van der Waals surface area contributed by atoms with Gasteiger partial charge in [0.25, 0.3) is 5.91 Å². The maximum Gasteiger partial charge on any atom is 0.338 e. The number of nitrogens with two attached hydrogens (primary N) is 1. The fourth-order valence-corrected chi connectivity index (χ4v) is 2.30. The van der Waals surface area contributed by atoms with Crippen LogP contribution in [-0.4, -0.2) is 17.0 Å². The van der Waals surface area contributed by atoms with E-state index in [1.54, 1.807) is 43.3 Å². The number of amides is 1. The molecule has 0 bridgehead atoms. The van der Waals surface area contributed by atoms with Crippen LogP contribution in [0.5, 0.6) is 0 Å². The number of aryl methyl sites for hydroxylation is 1. The van der Waals surface area contributed by atoms with Gasteiger partial charge in [-0.1, -0.05) is 12.1 Å². The molecule has 0 aromatic heterocycles. The summed E-state index contributed by atoms with van der Waals surface area (Å²) in [5.41, 5.74) is 7.50. The lowest BCUT2D eigenvalue weighted by molar-refractivity contribution is 0.0697. The number of nitrogen functional groups attached to an aromatic ring is 1. The largest absolute Gasteiger partial charge is 0.478 e. The normalized spacial score (nSPS) is 10.2. The summed E-state index contributed by atoms with van der Waals surface area (Å²) in [7, 11) is 0. The number of hydrogen-bond donors (Lipinski definition) is 3. The molecule has 21 heavy (non-hydrogen) atoms. The molecule has 108 valence electrons. The van der Waals surface area contributed by atoms with Gasteiger partial charge < -0.3 is 16.2 Å². The van der Waals surface area contributed by atoms with E-state index in [9.17, 15) is 14.7 Å². The summed E-state index contributed by atoms with van der Waals surface area (Å²) >= 11 is 3.25. The average Bonchev–Trinajstić information content (AvgIpc) is 2.41. The molecule has 0 saturated carbocycles. The average molecular weight is 349 g/mol. The third-order valence-electron chi connectivity index (χ3n) is 3.00. The van der Waals surface area contributed by atoms with Crippen molar-refractivity contribution in [2.75, 3.05) is 11.1 Å². The monoisotopic (exact) mass is 348 g/mol. The Labute approximate surface area is 129 Å². The van der Waals surface area contributed by atoms with E-state index in [1.165, 1.54) is 0 Å². The molecule has 0 aliphatic carbocycles. The van der Waals surface area contributed by atoms with Crippen LogP contribution in [0.4, 0.5) is 11.4 Å². The van der Waals surface area contributed by atoms with Crippen molar-refractivity contribution in [1.29, 1.82) is 0 Å². The summed E-state index contributed by atoms with van der Waals surface area (Å²) in [4.78, 5) is 23.5. The summed E-state index contributed by atoms with van der Waals surface area (Å²) in [6.45, 7) is 1.68. The maximum absolute atomic E-state index is 12.2. The number of carbonyl (C=O) groups is 2. The SMILES string of the molecule is Cc1cccc(NC(=O)c2ccc(N)c(Br)c2)c1C(=O)O. The number of benzene rings is 2. The molecular weight excluding hydrogens is 336 g/mol. The Morgan fingerprint density at radius 1 is 1.24 bits per heavy atom. The molecule has 0 heterocycles. The Hall–Kier alpha value is -2.34. The van der Waals surface area contributed by atoms with E-state index < -0.39 is 11.9 Å². The summed E-state index contributed by atoms with van der Waals surface area (Å²) < 4.78 is 0.609. The second-order valence-electron chi connectivity index (χ2n) is 4.49. The van der Waals surface area contributed by atoms with Crippen LogP contribution in [0.2, 0.25) is 0 Å². The Kier molecular flexibility index (Phi) is 4.28. The van der Waals surface area contributed by atoms with Crippen molar-refractivity contribution in [3.8, 4) is 0 Å². The van der Waals surface area contributed by atoms with Crippen LogP contribution in [0.1, 0.15) is 26.3 Å². The van der Waals surface area contributed by atoms with Crippen molar-refractivity contribution in [1.82, 2.24) is 0 Å². The van der Waals surface area contributed by atoms with Gasteiger partial charge in [-0.25, -0.2) is 4.79 Å². The van der Waals surface area contributed by atoms with E-state index in [0.717, 1.165) is 0 Å². The zero-order chi connectivity index (χ0) is 15.6. The van der Waals surface area contributed by atoms with E-state index in [0.29, 0.717) is 21.3 Å². The number of nitrogens with one attached hydrogen (secondary N) is 1. The zero-order valence-corrected chi connectivity index (χ0v) is 12.8. The number of carbonyl (C=O) groups excluding carboxylic acids is 1. The number of carboxylic acids is 1. The molecule has 0 fully saturated rings. The fraction of sp³-hybridized carbons (Fsp3) is 0.0667. The van der Waals surface area contributed by atoms with Gasteiger partial charge >= 0.3 is 5.97 Å². The molecule has 0 spiro atoms. The Morgan fingerprint density at radius 3 is 2.57 bits per heavy atom. The number of rotatable bonds is 3. The van der Waals surface area contributed by atoms with Gasteiger partial charge in [0, 0.05) is 15.7 Å². The summed E-state index contributed by atoms with van der Waals surface area (Å²) in [6, 6.07) is 9.69. The third kappa shape index (κ3) is 3.22. The first-order valence-corrected chi connectivity index (χ1v) is 6.88. The summed E-state index contributed by atoms with van der Waals surface area (Å²) in [6.07, 6.45) is 0. The molecule has 2 aromatic carbocycles. The van der Waals surface area contributed by atoms with Gasteiger partial charge in [0.2, 0.25) is 0 Å². The van der Waals surface area contributed by atoms with Crippen molar-refractivity contribution in [3.63, 3.8) is 0 Å². The Morgan fingerprint density at radius 2 is 1.95 bits per heavy atom. The summed E-state index contributed by atoms with van der Waals surface area (Å²) in [5, 5.41) is 11.8. The number of carboxylic acid groups (broad SMARTS) is 1. The zero-order valence-electron chi connectivity index (χ0n) is 11.2. The van der Waals surface area contributed by atoms with Gasteiger partial charge in [-0.15, -0.1) is 0 Å². The van der Waals surface area contributed by atoms with E-state index in [2.05, 4.69) is 21.2 Å². The molecular formula is C15H13BrN2O3. The first-order chi connectivity index (χ1) is 9.90. The van der Waals surface area contributed by atoms with E-state index in [4.69, 9.17) is 5.73 Å². The minimum Gasteiger partial charge on any atom is -0.478 e. The van der Waals surface area contributed by atoms with Crippen LogP contribution in [0.15, 0.2) is 40.9 Å².